The number of anilines is 8. The highest BCUT2D eigenvalue weighted by Gasteiger charge is 2.32. The Morgan fingerprint density at radius 2 is 0.903 bits per heavy atom. The molecular weight excluding hydrogens is 968 g/mol. The molecule has 0 saturated heterocycles. The Bertz CT molecular complexity index is 3010. The number of benzene rings is 5. The summed E-state index contributed by atoms with van der Waals surface area (Å²) in [7, 11) is 0. The molecule has 0 aliphatic carbocycles. The number of pyridine rings is 1. The van der Waals surface area contributed by atoms with Crippen LogP contribution in [0.25, 0.3) is 0 Å². The molecule has 4 amide bonds. The monoisotopic (exact) mass is 1000 g/mol. The fourth-order valence-corrected chi connectivity index (χ4v) is 6.53. The molecule has 5 aromatic carbocycles. The molecule has 0 unspecified atom stereocenters. The first-order chi connectivity index (χ1) is 34.4. The lowest BCUT2D eigenvalue weighted by Crippen LogP contribution is -2.16. The number of nitrogens with zero attached hydrogens (tertiary/aromatic N) is 5. The smallest absolute Gasteiger partial charge is 0.324 e. The van der Waals surface area contributed by atoms with Crippen LogP contribution >= 0.6 is 11.6 Å². The molecule has 15 nitrogen and oxygen atoms in total. The Morgan fingerprint density at radius 1 is 0.444 bits per heavy atom. The van der Waals surface area contributed by atoms with Crippen LogP contribution < -0.4 is 31.9 Å². The molecule has 72 heavy (non-hydrogen) atoms. The number of nitrogens with one attached hydrogen (secondary N) is 6. The van der Waals surface area contributed by atoms with E-state index in [0.29, 0.717) is 34.5 Å². The Hall–Kier alpha value is -9.24. The van der Waals surface area contributed by atoms with E-state index in [1.807, 2.05) is 30.3 Å². The zero-order valence-electron chi connectivity index (χ0n) is 37.1. The molecular formula is C50H36ClF6N11O4. The van der Waals surface area contributed by atoms with Crippen molar-refractivity contribution in [2.75, 3.05) is 31.9 Å². The third kappa shape index (κ3) is 13.9. The summed E-state index contributed by atoms with van der Waals surface area (Å²) in [6, 6.07) is 29.7. The number of rotatable bonds is 12. The number of aromatic nitrogens is 5. The zero-order valence-corrected chi connectivity index (χ0v) is 37.9. The normalized spacial score (nSPS) is 11.0. The van der Waals surface area contributed by atoms with E-state index in [9.17, 15) is 45.5 Å². The molecule has 0 aliphatic rings. The fraction of sp³-hybridized carbons (Fsp3) is 0.0600. The van der Waals surface area contributed by atoms with E-state index in [0.717, 1.165) is 42.1 Å². The minimum absolute atomic E-state index is 0.0324. The predicted octanol–water partition coefficient (Wildman–Crippen LogP) is 11.8. The molecule has 0 bridgehead atoms. The molecule has 364 valence electrons. The molecule has 6 N–H and O–H groups in total. The molecule has 3 heterocycles. The maximum atomic E-state index is 13.0. The van der Waals surface area contributed by atoms with Crippen molar-refractivity contribution in [3.63, 3.8) is 0 Å². The quantitative estimate of drug-likeness (QED) is 0.0635. The van der Waals surface area contributed by atoms with E-state index in [1.54, 1.807) is 43.6 Å². The second-order valence-corrected chi connectivity index (χ2v) is 15.6. The molecule has 0 atom stereocenters. The summed E-state index contributed by atoms with van der Waals surface area (Å²) in [4.78, 5) is 71.2. The molecule has 0 spiro atoms. The van der Waals surface area contributed by atoms with Crippen molar-refractivity contribution in [2.45, 2.75) is 19.3 Å². The van der Waals surface area contributed by atoms with Gasteiger partial charge in [0.05, 0.1) is 69.8 Å². The van der Waals surface area contributed by atoms with Gasteiger partial charge in [-0.15, -0.1) is 0 Å². The summed E-state index contributed by atoms with van der Waals surface area (Å²) < 4.78 is 77.7. The molecule has 0 radical (unpaired) electrons. The predicted molar refractivity (Wildman–Crippen MR) is 259 cm³/mol. The summed E-state index contributed by atoms with van der Waals surface area (Å²) in [6.07, 6.45) is -0.231. The highest BCUT2D eigenvalue weighted by molar-refractivity contribution is 6.34. The van der Waals surface area contributed by atoms with Crippen LogP contribution in [0.15, 0.2) is 165 Å². The van der Waals surface area contributed by atoms with E-state index in [1.165, 1.54) is 61.2 Å². The van der Waals surface area contributed by atoms with Crippen LogP contribution in [0.4, 0.5) is 72.4 Å². The van der Waals surface area contributed by atoms with Crippen molar-refractivity contribution in [3.05, 3.63) is 209 Å². The summed E-state index contributed by atoms with van der Waals surface area (Å²) in [5.41, 5.74) is 1.26. The first-order valence-corrected chi connectivity index (χ1v) is 21.4. The standard InChI is InChI=1S/C25H17ClF3N5O2.C25H19F3N6O2/c26-21-10-9-18(32-22(35)15-5-4-6-16(11-15)25(27,28)29)12-20(21)23(36)33-19-13-30-24(31-14-19)34-17-7-2-1-3-8-17;1-15-7-8-18(32-22(35)16-4-2-5-17(10-16)25(26,27)28)11-21(15)23(36)33-20-13-30-24(31-14-20)34-19-6-3-9-29-12-19/h1-14H,(H,32,35)(H,33,36)(H,30,31,34);2-14H,1H3,(H,32,35)(H,33,36)(H,30,31,34). The Labute approximate surface area is 410 Å². The molecule has 0 fully saturated rings. The largest absolute Gasteiger partial charge is 0.416 e. The second kappa shape index (κ2) is 22.5. The van der Waals surface area contributed by atoms with E-state index >= 15 is 0 Å². The van der Waals surface area contributed by atoms with Crippen LogP contribution in [0.1, 0.15) is 58.1 Å². The summed E-state index contributed by atoms with van der Waals surface area (Å²) in [5, 5.41) is 16.4. The lowest BCUT2D eigenvalue weighted by Gasteiger charge is -2.12. The Balaban J connectivity index is 0.000000211. The number of aryl methyl sites for hydroxylation is 1. The fourth-order valence-electron chi connectivity index (χ4n) is 6.33. The van der Waals surface area contributed by atoms with Gasteiger partial charge < -0.3 is 31.9 Å². The van der Waals surface area contributed by atoms with Crippen LogP contribution in [0.2, 0.25) is 5.02 Å². The number of hydrogen-bond acceptors (Lipinski definition) is 11. The van der Waals surface area contributed by atoms with Gasteiger partial charge in [0.15, 0.2) is 0 Å². The van der Waals surface area contributed by atoms with Crippen molar-refractivity contribution < 1.29 is 45.5 Å². The number of carbonyl (C=O) groups excluding carboxylic acids is 4. The molecule has 8 aromatic rings. The van der Waals surface area contributed by atoms with E-state index in [4.69, 9.17) is 11.6 Å². The lowest BCUT2D eigenvalue weighted by atomic mass is 10.1. The van der Waals surface area contributed by atoms with Gasteiger partial charge >= 0.3 is 12.4 Å². The van der Waals surface area contributed by atoms with Crippen molar-refractivity contribution >= 4 is 81.3 Å². The van der Waals surface area contributed by atoms with E-state index in [2.05, 4.69) is 56.8 Å². The van der Waals surface area contributed by atoms with Gasteiger partial charge in [-0.3, -0.25) is 24.2 Å². The molecule has 8 rings (SSSR count). The van der Waals surface area contributed by atoms with Crippen molar-refractivity contribution in [3.8, 4) is 0 Å². The van der Waals surface area contributed by atoms with Gasteiger partial charge in [-0.25, -0.2) is 19.9 Å². The SMILES string of the molecule is Cc1ccc(NC(=O)c2cccc(C(F)(F)F)c2)cc1C(=O)Nc1cnc(Nc2cccnc2)nc1.O=C(Nc1ccc(Cl)c(C(=O)Nc2cnc(Nc3ccccc3)nc2)c1)c1cccc(C(F)(F)F)c1. The van der Waals surface area contributed by atoms with Gasteiger partial charge in [-0.2, -0.15) is 26.3 Å². The highest BCUT2D eigenvalue weighted by atomic mass is 35.5. The van der Waals surface area contributed by atoms with Crippen LogP contribution in [0, 0.1) is 6.92 Å². The zero-order chi connectivity index (χ0) is 51.4. The molecule has 0 saturated carbocycles. The minimum Gasteiger partial charge on any atom is -0.324 e. The van der Waals surface area contributed by atoms with Crippen LogP contribution in [-0.2, 0) is 12.4 Å². The summed E-state index contributed by atoms with van der Waals surface area (Å²) in [5.74, 6) is -1.93. The minimum atomic E-state index is -4.58. The second-order valence-electron chi connectivity index (χ2n) is 15.1. The summed E-state index contributed by atoms with van der Waals surface area (Å²) in [6.45, 7) is 1.71. The third-order valence-electron chi connectivity index (χ3n) is 9.88. The van der Waals surface area contributed by atoms with Crippen molar-refractivity contribution in [1.82, 2.24) is 24.9 Å². The van der Waals surface area contributed by atoms with Crippen LogP contribution in [0.3, 0.4) is 0 Å². The summed E-state index contributed by atoms with van der Waals surface area (Å²) >= 11 is 6.16. The maximum Gasteiger partial charge on any atom is 0.416 e. The van der Waals surface area contributed by atoms with E-state index in [-0.39, 0.29) is 38.7 Å². The van der Waals surface area contributed by atoms with Crippen LogP contribution in [-0.4, -0.2) is 48.5 Å². The molecule has 3 aromatic heterocycles. The lowest BCUT2D eigenvalue weighted by molar-refractivity contribution is -0.138. The van der Waals surface area contributed by atoms with Gasteiger partial charge in [0, 0.05) is 39.9 Å². The van der Waals surface area contributed by atoms with Crippen molar-refractivity contribution in [2.24, 2.45) is 0 Å². The van der Waals surface area contributed by atoms with Gasteiger partial charge in [-0.1, -0.05) is 48.0 Å². The molecule has 0 aliphatic heterocycles. The van der Waals surface area contributed by atoms with Gasteiger partial charge in [0.1, 0.15) is 0 Å². The van der Waals surface area contributed by atoms with Gasteiger partial charge in [-0.05, 0) is 103 Å². The number of hydrogen-bond donors (Lipinski definition) is 6. The number of amides is 4. The van der Waals surface area contributed by atoms with Crippen molar-refractivity contribution in [1.29, 1.82) is 0 Å². The average molecular weight is 1000 g/mol. The first-order valence-electron chi connectivity index (χ1n) is 21.0. The number of alkyl halides is 6. The topological polar surface area (TPSA) is 205 Å². The van der Waals surface area contributed by atoms with E-state index < -0.39 is 47.1 Å². The van der Waals surface area contributed by atoms with Crippen LogP contribution in [0.5, 0.6) is 0 Å². The number of carbonyl (C=O) groups is 4. The number of halogens is 7. The Morgan fingerprint density at radius 3 is 1.40 bits per heavy atom. The Kier molecular flexibility index (Phi) is 15.8. The number of para-hydroxylation sites is 1. The van der Waals surface area contributed by atoms with Gasteiger partial charge in [0.2, 0.25) is 11.9 Å². The maximum absolute atomic E-state index is 13.0. The first kappa shape index (κ1) is 50.6. The third-order valence-corrected chi connectivity index (χ3v) is 10.2. The highest BCUT2D eigenvalue weighted by Crippen LogP contribution is 2.31. The van der Waals surface area contributed by atoms with Gasteiger partial charge in [0.25, 0.3) is 23.6 Å². The molecule has 22 heteroatoms. The average Bonchev–Trinajstić information content (AvgIpc) is 3.36.